The average Bonchev–Trinajstić information content (AvgIpc) is 2.57. The van der Waals surface area contributed by atoms with Gasteiger partial charge in [0.25, 0.3) is 5.69 Å². The van der Waals surface area contributed by atoms with Crippen molar-refractivity contribution in [2.45, 2.75) is 31.4 Å². The number of non-ortho nitro benzene ring substituents is 1. The lowest BCUT2D eigenvalue weighted by molar-refractivity contribution is -0.384. The number of hydrogen-bond donors (Lipinski definition) is 0. The molecule has 0 atom stereocenters. The molecule has 1 aliphatic rings. The molecule has 0 unspecified atom stereocenters. The van der Waals surface area contributed by atoms with Crippen LogP contribution in [0.2, 0.25) is 0 Å². The average molecular weight is 363 g/mol. The van der Waals surface area contributed by atoms with Gasteiger partial charge in [0.15, 0.2) is 5.78 Å². The monoisotopic (exact) mass is 363 g/mol. The molecule has 1 fully saturated rings. The molecule has 0 spiro atoms. The Morgan fingerprint density at radius 1 is 1.04 bits per heavy atom. The van der Waals surface area contributed by atoms with Crippen LogP contribution >= 0.6 is 0 Å². The normalized spacial score (nSPS) is 19.7. The van der Waals surface area contributed by atoms with Crippen LogP contribution in [-0.2, 0) is 6.18 Å². The second-order valence-electron chi connectivity index (χ2n) is 6.59. The lowest BCUT2D eigenvalue weighted by Gasteiger charge is -2.35. The zero-order chi connectivity index (χ0) is 18.9. The fraction of sp³-hybridized carbons (Fsp3) is 0.316. The highest BCUT2D eigenvalue weighted by molar-refractivity contribution is 5.96. The maximum absolute atomic E-state index is 12.6. The van der Waals surface area contributed by atoms with Crippen LogP contribution in [0.5, 0.6) is 0 Å². The molecule has 3 rings (SSSR count). The number of nitro benzene ring substituents is 1. The fourth-order valence-corrected chi connectivity index (χ4v) is 3.27. The second kappa shape index (κ2) is 6.90. The first-order valence-electron chi connectivity index (χ1n) is 8.19. The molecular formula is C19H16F3NO3. The Morgan fingerprint density at radius 2 is 1.62 bits per heavy atom. The summed E-state index contributed by atoms with van der Waals surface area (Å²) in [7, 11) is 0. The van der Waals surface area contributed by atoms with Crippen LogP contribution in [0, 0.1) is 16.0 Å². The Kier molecular flexibility index (Phi) is 4.80. The summed E-state index contributed by atoms with van der Waals surface area (Å²) < 4.78 is 37.7. The molecule has 0 aromatic heterocycles. The molecule has 26 heavy (non-hydrogen) atoms. The van der Waals surface area contributed by atoms with Crippen LogP contribution in [-0.4, -0.2) is 10.7 Å². The van der Waals surface area contributed by atoms with Gasteiger partial charge in [-0.05, 0) is 54.5 Å². The van der Waals surface area contributed by atoms with Crippen molar-refractivity contribution in [1.82, 2.24) is 0 Å². The number of nitrogens with zero attached hydrogens (tertiary/aromatic N) is 1. The van der Waals surface area contributed by atoms with Crippen molar-refractivity contribution >= 4 is 11.5 Å². The van der Waals surface area contributed by atoms with Crippen LogP contribution in [0.4, 0.5) is 18.9 Å². The maximum Gasteiger partial charge on any atom is 0.416 e. The third kappa shape index (κ3) is 3.92. The molecule has 0 radical (unpaired) electrons. The Labute approximate surface area is 147 Å². The molecule has 2 aromatic rings. The van der Waals surface area contributed by atoms with E-state index in [1.54, 1.807) is 0 Å². The topological polar surface area (TPSA) is 60.2 Å². The zero-order valence-corrected chi connectivity index (χ0v) is 13.7. The lowest BCUT2D eigenvalue weighted by atomic mass is 9.69. The molecule has 1 saturated carbocycles. The Bertz CT molecular complexity index is 807. The first-order chi connectivity index (χ1) is 12.2. The summed E-state index contributed by atoms with van der Waals surface area (Å²) in [5, 5.41) is 10.6. The number of nitro groups is 1. The van der Waals surface area contributed by atoms with Gasteiger partial charge in [0.2, 0.25) is 0 Å². The lowest BCUT2D eigenvalue weighted by Crippen LogP contribution is -2.24. The van der Waals surface area contributed by atoms with Crippen molar-refractivity contribution in [2.75, 3.05) is 0 Å². The summed E-state index contributed by atoms with van der Waals surface area (Å²) in [6.07, 6.45) is -2.49. The smallest absolute Gasteiger partial charge is 0.294 e. The molecule has 4 nitrogen and oxygen atoms in total. The third-order valence-electron chi connectivity index (χ3n) is 4.82. The van der Waals surface area contributed by atoms with Crippen molar-refractivity contribution in [1.29, 1.82) is 0 Å². The summed E-state index contributed by atoms with van der Waals surface area (Å²) in [6, 6.07) is 10.7. The first kappa shape index (κ1) is 18.1. The van der Waals surface area contributed by atoms with E-state index in [1.165, 1.54) is 36.4 Å². The number of carbonyl (C=O) groups is 1. The minimum Gasteiger partial charge on any atom is -0.294 e. The first-order valence-corrected chi connectivity index (χ1v) is 8.19. The number of benzene rings is 2. The number of carbonyl (C=O) groups excluding carboxylic acids is 1. The van der Waals surface area contributed by atoms with E-state index in [1.807, 2.05) is 0 Å². The molecule has 0 amide bonds. The van der Waals surface area contributed by atoms with Gasteiger partial charge in [-0.25, -0.2) is 0 Å². The largest absolute Gasteiger partial charge is 0.416 e. The highest BCUT2D eigenvalue weighted by atomic mass is 19.4. The van der Waals surface area contributed by atoms with Crippen molar-refractivity contribution in [2.24, 2.45) is 5.92 Å². The van der Waals surface area contributed by atoms with Crippen molar-refractivity contribution in [3.05, 3.63) is 75.3 Å². The molecule has 0 aliphatic heterocycles. The van der Waals surface area contributed by atoms with E-state index in [0.29, 0.717) is 12.0 Å². The summed E-state index contributed by atoms with van der Waals surface area (Å²) in [5.41, 5.74) is 0.573. The Hall–Kier alpha value is -2.70. The number of hydrogen-bond acceptors (Lipinski definition) is 3. The van der Waals surface area contributed by atoms with Gasteiger partial charge >= 0.3 is 6.18 Å². The predicted molar refractivity (Wildman–Crippen MR) is 89.0 cm³/mol. The molecule has 0 N–H and O–H groups in total. The van der Waals surface area contributed by atoms with Crippen LogP contribution in [0.3, 0.4) is 0 Å². The Balaban J connectivity index is 1.53. The maximum atomic E-state index is 12.6. The molecule has 0 saturated heterocycles. The molecule has 1 aliphatic carbocycles. The van der Waals surface area contributed by atoms with E-state index in [-0.39, 0.29) is 23.3 Å². The fourth-order valence-electron chi connectivity index (χ4n) is 3.27. The number of Topliss-reactive ketones (excluding diaryl/α,β-unsaturated/α-hetero) is 1. The predicted octanol–water partition coefficient (Wildman–Crippen LogP) is 5.38. The third-order valence-corrected chi connectivity index (χ3v) is 4.82. The number of ketones is 1. The Morgan fingerprint density at radius 3 is 2.12 bits per heavy atom. The van der Waals surface area contributed by atoms with Crippen LogP contribution in [0.1, 0.15) is 46.7 Å². The quantitative estimate of drug-likeness (QED) is 0.407. The highest BCUT2D eigenvalue weighted by Crippen LogP contribution is 2.44. The minimum absolute atomic E-state index is 0.0624. The standard InChI is InChI=1S/C19H16F3NO3/c20-19(21,22)16-5-1-13(2-6-16)15-9-12(10-15)11-18(24)14-3-7-17(8-4-14)23(25)26/h1-8,12,15H,9-11H2. The molecule has 7 heteroatoms. The number of rotatable bonds is 5. The van der Waals surface area contributed by atoms with Crippen molar-refractivity contribution in [3.8, 4) is 0 Å². The van der Waals surface area contributed by atoms with Gasteiger partial charge in [-0.3, -0.25) is 14.9 Å². The van der Waals surface area contributed by atoms with Gasteiger partial charge in [0, 0.05) is 24.1 Å². The van der Waals surface area contributed by atoms with Crippen molar-refractivity contribution < 1.29 is 22.9 Å². The second-order valence-corrected chi connectivity index (χ2v) is 6.59. The van der Waals surface area contributed by atoms with Gasteiger partial charge < -0.3 is 0 Å². The van der Waals surface area contributed by atoms with E-state index >= 15 is 0 Å². The van der Waals surface area contributed by atoms with E-state index in [9.17, 15) is 28.1 Å². The van der Waals surface area contributed by atoms with E-state index < -0.39 is 16.7 Å². The van der Waals surface area contributed by atoms with Gasteiger partial charge in [-0.2, -0.15) is 13.2 Å². The zero-order valence-electron chi connectivity index (χ0n) is 13.7. The minimum atomic E-state index is -4.34. The summed E-state index contributed by atoms with van der Waals surface area (Å²) in [4.78, 5) is 22.3. The van der Waals surface area contributed by atoms with E-state index in [2.05, 4.69) is 0 Å². The van der Waals surface area contributed by atoms with Crippen LogP contribution in [0.25, 0.3) is 0 Å². The van der Waals surface area contributed by atoms with Gasteiger partial charge in [0.05, 0.1) is 10.5 Å². The molecular weight excluding hydrogens is 347 g/mol. The van der Waals surface area contributed by atoms with Gasteiger partial charge in [-0.15, -0.1) is 0 Å². The summed E-state index contributed by atoms with van der Waals surface area (Å²) in [5.74, 6) is 0.285. The number of halogens is 3. The van der Waals surface area contributed by atoms with Crippen LogP contribution < -0.4 is 0 Å². The van der Waals surface area contributed by atoms with Gasteiger partial charge in [0.1, 0.15) is 0 Å². The highest BCUT2D eigenvalue weighted by Gasteiger charge is 2.34. The van der Waals surface area contributed by atoms with E-state index in [0.717, 1.165) is 30.5 Å². The molecule has 0 bridgehead atoms. The SMILES string of the molecule is O=C(CC1CC(c2ccc(C(F)(F)F)cc2)C1)c1ccc([N+](=O)[O-])cc1. The summed E-state index contributed by atoms with van der Waals surface area (Å²) in [6.45, 7) is 0. The molecule has 2 aromatic carbocycles. The van der Waals surface area contributed by atoms with E-state index in [4.69, 9.17) is 0 Å². The van der Waals surface area contributed by atoms with Crippen molar-refractivity contribution in [3.63, 3.8) is 0 Å². The van der Waals surface area contributed by atoms with Crippen LogP contribution in [0.15, 0.2) is 48.5 Å². The van der Waals surface area contributed by atoms with Gasteiger partial charge in [-0.1, -0.05) is 12.1 Å². The molecule has 136 valence electrons. The molecule has 0 heterocycles. The number of alkyl halides is 3. The summed E-state index contributed by atoms with van der Waals surface area (Å²) >= 11 is 0.